The van der Waals surface area contributed by atoms with Crippen LogP contribution >= 0.6 is 11.8 Å². The second-order valence-electron chi connectivity index (χ2n) is 11.4. The highest BCUT2D eigenvalue weighted by Gasteiger charge is 2.38. The van der Waals surface area contributed by atoms with Gasteiger partial charge in [-0.25, -0.2) is 9.18 Å². The fourth-order valence-corrected chi connectivity index (χ4v) is 6.57. The average Bonchev–Trinajstić information content (AvgIpc) is 3.17. The Bertz CT molecular complexity index is 1790. The molecule has 1 unspecified atom stereocenters. The summed E-state index contributed by atoms with van der Waals surface area (Å²) in [5, 5.41) is 21.6. The Balaban J connectivity index is 1.31. The summed E-state index contributed by atoms with van der Waals surface area (Å²) in [5.74, 6) is -0.432. The van der Waals surface area contributed by atoms with Crippen molar-refractivity contribution in [1.82, 2.24) is 14.4 Å². The fraction of sp³-hybridized carbons (Fsp3) is 0.355. The predicted octanol–water partition coefficient (Wildman–Crippen LogP) is 3.57. The van der Waals surface area contributed by atoms with Crippen molar-refractivity contribution in [2.45, 2.75) is 35.2 Å². The first kappa shape index (κ1) is 28.5. The Morgan fingerprint density at radius 2 is 1.86 bits per heavy atom. The molecule has 2 aliphatic rings. The first-order chi connectivity index (χ1) is 20.0. The summed E-state index contributed by atoms with van der Waals surface area (Å²) in [6.07, 6.45) is -0.648. The Hall–Kier alpha value is -3.64. The van der Waals surface area contributed by atoms with E-state index in [0.717, 1.165) is 43.5 Å². The summed E-state index contributed by atoms with van der Waals surface area (Å²) in [6.45, 7) is 8.32. The van der Waals surface area contributed by atoms with Crippen LogP contribution in [-0.2, 0) is 5.41 Å². The van der Waals surface area contributed by atoms with Crippen LogP contribution in [0.25, 0.3) is 16.7 Å². The lowest BCUT2D eigenvalue weighted by Crippen LogP contribution is -2.47. The predicted molar refractivity (Wildman–Crippen MR) is 158 cm³/mol. The highest BCUT2D eigenvalue weighted by Crippen LogP contribution is 2.45. The number of halogens is 1. The summed E-state index contributed by atoms with van der Waals surface area (Å²) < 4.78 is 26.7. The maximum absolute atomic E-state index is 13.9. The topological polar surface area (TPSA) is 108 Å². The fourth-order valence-electron chi connectivity index (χ4n) is 5.69. The Morgan fingerprint density at radius 1 is 1.10 bits per heavy atom. The lowest BCUT2D eigenvalue weighted by Gasteiger charge is -2.33. The molecule has 0 radical (unpaired) electrons. The average molecular weight is 594 g/mol. The molecule has 6 rings (SSSR count). The second-order valence-corrected chi connectivity index (χ2v) is 12.5. The summed E-state index contributed by atoms with van der Waals surface area (Å²) in [7, 11) is 2.09. The number of rotatable bonds is 7. The number of aliphatic hydroxyl groups excluding tert-OH is 1. The smallest absolute Gasteiger partial charge is 0.354 e. The third-order valence-corrected chi connectivity index (χ3v) is 9.11. The van der Waals surface area contributed by atoms with Gasteiger partial charge in [0.1, 0.15) is 40.1 Å². The molecule has 4 heterocycles. The van der Waals surface area contributed by atoms with Crippen molar-refractivity contribution >= 4 is 22.7 Å². The normalized spacial score (nSPS) is 17.3. The molecule has 0 spiro atoms. The molecule has 11 heteroatoms. The van der Waals surface area contributed by atoms with E-state index in [1.54, 1.807) is 24.3 Å². The van der Waals surface area contributed by atoms with E-state index in [9.17, 15) is 24.2 Å². The number of nitrogens with zero attached hydrogens (tertiary/aromatic N) is 3. The summed E-state index contributed by atoms with van der Waals surface area (Å²) in [6, 6.07) is 12.6. The van der Waals surface area contributed by atoms with Crippen molar-refractivity contribution in [3.05, 3.63) is 86.4 Å². The number of β-amino-alcohol motifs (C(OH)–C–C–N with tert-alkyl or cyclic N) is 1. The number of aliphatic hydroxyl groups is 1. The lowest BCUT2D eigenvalue weighted by molar-refractivity contribution is 0.0504. The van der Waals surface area contributed by atoms with Crippen LogP contribution in [0.5, 0.6) is 11.5 Å². The van der Waals surface area contributed by atoms with Gasteiger partial charge in [0.05, 0.1) is 5.69 Å². The quantitative estimate of drug-likeness (QED) is 0.333. The van der Waals surface area contributed by atoms with Gasteiger partial charge >= 0.3 is 5.63 Å². The van der Waals surface area contributed by atoms with Crippen LogP contribution < -0.4 is 15.9 Å². The lowest BCUT2D eigenvalue weighted by atomic mass is 9.83. The van der Waals surface area contributed by atoms with Gasteiger partial charge in [-0.15, -0.1) is 0 Å². The molecule has 2 aliphatic heterocycles. The number of ether oxygens (including phenoxy) is 1. The number of fused-ring (bicyclic) bond motifs is 4. The van der Waals surface area contributed by atoms with E-state index in [1.807, 2.05) is 19.9 Å². The second kappa shape index (κ2) is 10.9. The molecule has 2 aromatic carbocycles. The maximum Gasteiger partial charge on any atom is 0.354 e. The van der Waals surface area contributed by atoms with Crippen LogP contribution in [0.3, 0.4) is 0 Å². The zero-order valence-electron chi connectivity index (χ0n) is 23.6. The molecule has 220 valence electrons. The molecule has 0 bridgehead atoms. The molecule has 4 aromatic rings. The van der Waals surface area contributed by atoms with Crippen LogP contribution in [0.1, 0.15) is 25.1 Å². The van der Waals surface area contributed by atoms with Crippen molar-refractivity contribution in [1.29, 1.82) is 0 Å². The molecule has 1 saturated heterocycles. The first-order valence-corrected chi connectivity index (χ1v) is 14.6. The number of piperazine rings is 1. The monoisotopic (exact) mass is 593 g/mol. The molecule has 42 heavy (non-hydrogen) atoms. The number of aromatic hydroxyl groups is 1. The standard InChI is InChI=1S/C31H32FN3O6S/c1-31(2)22-14-20(40-17-19(36)16-34-11-9-33(3)10-12-34)7-8-23(22)35-25(31)15-24-26(29(35)38)27(37)28(30(39)41-24)42-21-6-4-5-18(32)13-21/h4-8,13-15,19,36-37H,9-12,16-17H2,1-3H3. The van der Waals surface area contributed by atoms with Gasteiger partial charge in [0, 0.05) is 54.8 Å². The summed E-state index contributed by atoms with van der Waals surface area (Å²) in [5.41, 5.74) is -0.0130. The molecule has 9 nitrogen and oxygen atoms in total. The van der Waals surface area contributed by atoms with E-state index >= 15 is 0 Å². The highest BCUT2D eigenvalue weighted by molar-refractivity contribution is 7.99. The van der Waals surface area contributed by atoms with Crippen molar-refractivity contribution in [3.63, 3.8) is 0 Å². The van der Waals surface area contributed by atoms with Crippen molar-refractivity contribution in [2.24, 2.45) is 0 Å². The van der Waals surface area contributed by atoms with Gasteiger partial charge in [-0.05, 0) is 49.0 Å². The molecule has 0 aliphatic carbocycles. The molecular formula is C31H32FN3O6S. The first-order valence-electron chi connectivity index (χ1n) is 13.8. The van der Waals surface area contributed by atoms with Crippen molar-refractivity contribution in [2.75, 3.05) is 46.4 Å². The summed E-state index contributed by atoms with van der Waals surface area (Å²) >= 11 is 0.831. The van der Waals surface area contributed by atoms with E-state index in [-0.39, 0.29) is 22.5 Å². The van der Waals surface area contributed by atoms with E-state index < -0.39 is 34.3 Å². The highest BCUT2D eigenvalue weighted by atomic mass is 32.2. The Labute approximate surface area is 245 Å². The van der Waals surface area contributed by atoms with Gasteiger partial charge in [-0.3, -0.25) is 14.3 Å². The molecule has 1 atom stereocenters. The van der Waals surface area contributed by atoms with Gasteiger partial charge in [-0.1, -0.05) is 31.7 Å². The van der Waals surface area contributed by atoms with Gasteiger partial charge in [0.15, 0.2) is 5.75 Å². The van der Waals surface area contributed by atoms with Gasteiger partial charge < -0.3 is 24.3 Å². The molecule has 0 amide bonds. The number of likely N-dealkylation sites (N-methyl/N-ethyl adjacent to an activating group) is 1. The van der Waals surface area contributed by atoms with E-state index in [4.69, 9.17) is 9.15 Å². The molecule has 1 fully saturated rings. The number of hydrogen-bond donors (Lipinski definition) is 2. The molecule has 0 saturated carbocycles. The van der Waals surface area contributed by atoms with Gasteiger partial charge in [0.25, 0.3) is 5.56 Å². The largest absolute Gasteiger partial charge is 0.505 e. The third-order valence-electron chi connectivity index (χ3n) is 8.06. The van der Waals surface area contributed by atoms with Gasteiger partial charge in [-0.2, -0.15) is 0 Å². The molecular weight excluding hydrogens is 561 g/mol. The number of benzene rings is 2. The SMILES string of the molecule is CN1CCN(CC(O)COc2ccc3c(c2)C(C)(C)c2cc4oc(=O)c(Sc5cccc(F)c5)c(O)c4c(=O)n2-3)CC1. The van der Waals surface area contributed by atoms with E-state index in [1.165, 1.54) is 22.8 Å². The van der Waals surface area contributed by atoms with Crippen molar-refractivity contribution < 1.29 is 23.8 Å². The van der Waals surface area contributed by atoms with Gasteiger partial charge in [0.2, 0.25) is 0 Å². The van der Waals surface area contributed by atoms with E-state index in [2.05, 4.69) is 16.8 Å². The van der Waals surface area contributed by atoms with Crippen LogP contribution in [0.15, 0.2) is 72.3 Å². The van der Waals surface area contributed by atoms with E-state index in [0.29, 0.717) is 28.6 Å². The zero-order chi connectivity index (χ0) is 29.8. The van der Waals surface area contributed by atoms with Crippen LogP contribution in [-0.4, -0.2) is 77.1 Å². The van der Waals surface area contributed by atoms with Crippen LogP contribution in [0, 0.1) is 5.82 Å². The summed E-state index contributed by atoms with van der Waals surface area (Å²) in [4.78, 5) is 31.4. The Morgan fingerprint density at radius 3 is 2.60 bits per heavy atom. The third kappa shape index (κ3) is 5.11. The molecule has 2 N–H and O–H groups in total. The minimum atomic E-state index is -0.822. The number of hydrogen-bond acceptors (Lipinski definition) is 9. The number of pyridine rings is 1. The van der Waals surface area contributed by atoms with Crippen LogP contribution in [0.4, 0.5) is 4.39 Å². The Kier molecular flexibility index (Phi) is 7.38. The minimum Gasteiger partial charge on any atom is -0.505 e. The maximum atomic E-state index is 13.9. The number of aromatic nitrogens is 1. The minimum absolute atomic E-state index is 0.0262. The van der Waals surface area contributed by atoms with Crippen LogP contribution in [0.2, 0.25) is 0 Å². The zero-order valence-corrected chi connectivity index (χ0v) is 24.4. The molecule has 2 aromatic heterocycles. The van der Waals surface area contributed by atoms with Crippen molar-refractivity contribution in [3.8, 4) is 17.2 Å².